The zero-order valence-electron chi connectivity index (χ0n) is 10.8. The number of aryl methyl sites for hydroxylation is 1. The summed E-state index contributed by atoms with van der Waals surface area (Å²) in [5.74, 6) is -0.209. The Kier molecular flexibility index (Phi) is 5.08. The van der Waals surface area contributed by atoms with Crippen molar-refractivity contribution in [3.05, 3.63) is 63.2 Å². The van der Waals surface area contributed by atoms with E-state index in [-0.39, 0.29) is 5.91 Å². The van der Waals surface area contributed by atoms with Gasteiger partial charge in [0, 0.05) is 9.26 Å². The van der Waals surface area contributed by atoms with Crippen LogP contribution < -0.4 is 10.6 Å². The number of rotatable bonds is 2. The number of carbonyl (C=O) groups excluding carboxylic acids is 1. The van der Waals surface area contributed by atoms with E-state index in [1.165, 1.54) is 5.56 Å². The fourth-order valence-corrected chi connectivity index (χ4v) is 2.46. The molecular weight excluding hydrogens is 383 g/mol. The number of carbonyl (C=O) groups is 1. The molecule has 2 rings (SSSR count). The smallest absolute Gasteiger partial charge is 0.258 e. The van der Waals surface area contributed by atoms with Crippen LogP contribution in [-0.4, -0.2) is 11.0 Å². The van der Waals surface area contributed by atoms with Gasteiger partial charge in [0.2, 0.25) is 0 Å². The number of benzene rings is 2. The van der Waals surface area contributed by atoms with Crippen molar-refractivity contribution in [1.29, 1.82) is 0 Å². The van der Waals surface area contributed by atoms with Crippen molar-refractivity contribution in [3.8, 4) is 0 Å². The molecule has 3 nitrogen and oxygen atoms in total. The number of hydrogen-bond donors (Lipinski definition) is 2. The lowest BCUT2D eigenvalue weighted by atomic mass is 10.2. The first-order valence-electron chi connectivity index (χ1n) is 6.00. The Bertz CT molecular complexity index is 641. The molecule has 0 aliphatic carbocycles. The van der Waals surface area contributed by atoms with Crippen LogP contribution in [-0.2, 0) is 0 Å². The van der Waals surface area contributed by atoms with Crippen LogP contribution in [0.5, 0.6) is 0 Å². The Labute approximate surface area is 136 Å². The molecule has 2 aromatic rings. The van der Waals surface area contributed by atoms with Crippen LogP contribution >= 0.6 is 34.8 Å². The quantitative estimate of drug-likeness (QED) is 0.601. The highest BCUT2D eigenvalue weighted by Crippen LogP contribution is 2.12. The molecule has 0 atom stereocenters. The van der Waals surface area contributed by atoms with Crippen LogP contribution in [0.1, 0.15) is 15.9 Å². The summed E-state index contributed by atoms with van der Waals surface area (Å²) in [6.45, 7) is 2.02. The number of nitrogens with one attached hydrogen (secondary N) is 2. The van der Waals surface area contributed by atoms with E-state index in [2.05, 4.69) is 33.2 Å². The number of thiocarbonyl (C=S) groups is 1. The lowest BCUT2D eigenvalue weighted by Crippen LogP contribution is -2.34. The normalized spacial score (nSPS) is 9.90. The van der Waals surface area contributed by atoms with Gasteiger partial charge in [-0.15, -0.1) is 0 Å². The summed E-state index contributed by atoms with van der Waals surface area (Å²) in [4.78, 5) is 12.1. The maximum Gasteiger partial charge on any atom is 0.258 e. The SMILES string of the molecule is Cc1ccc(NC(=S)NC(=O)c2ccccc2I)cc1. The Balaban J connectivity index is 2.00. The first-order valence-corrected chi connectivity index (χ1v) is 7.48. The molecule has 0 unspecified atom stereocenters. The molecule has 0 radical (unpaired) electrons. The molecule has 0 heterocycles. The summed E-state index contributed by atoms with van der Waals surface area (Å²) in [5, 5.41) is 5.95. The molecule has 0 aliphatic heterocycles. The third-order valence-corrected chi connectivity index (χ3v) is 3.80. The molecule has 1 amide bonds. The van der Waals surface area contributed by atoms with E-state index < -0.39 is 0 Å². The van der Waals surface area contributed by atoms with Gasteiger partial charge in [-0.05, 0) is 66.0 Å². The molecule has 2 aromatic carbocycles. The minimum atomic E-state index is -0.209. The fraction of sp³-hybridized carbons (Fsp3) is 0.0667. The predicted octanol–water partition coefficient (Wildman–Crippen LogP) is 3.73. The second-order valence-corrected chi connectivity index (χ2v) is 5.82. The van der Waals surface area contributed by atoms with E-state index in [1.54, 1.807) is 6.07 Å². The highest BCUT2D eigenvalue weighted by molar-refractivity contribution is 14.1. The number of hydrogen-bond acceptors (Lipinski definition) is 2. The number of halogens is 1. The van der Waals surface area contributed by atoms with Gasteiger partial charge >= 0.3 is 0 Å². The minimum absolute atomic E-state index is 0.209. The molecule has 20 heavy (non-hydrogen) atoms. The van der Waals surface area contributed by atoms with Crippen molar-refractivity contribution in [1.82, 2.24) is 5.32 Å². The summed E-state index contributed by atoms with van der Waals surface area (Å²) in [5.41, 5.74) is 2.63. The molecule has 102 valence electrons. The summed E-state index contributed by atoms with van der Waals surface area (Å²) in [6.07, 6.45) is 0. The van der Waals surface area contributed by atoms with E-state index in [4.69, 9.17) is 12.2 Å². The van der Waals surface area contributed by atoms with Gasteiger partial charge < -0.3 is 5.32 Å². The second-order valence-electron chi connectivity index (χ2n) is 4.25. The predicted molar refractivity (Wildman–Crippen MR) is 94.0 cm³/mol. The van der Waals surface area contributed by atoms with Gasteiger partial charge in [0.25, 0.3) is 5.91 Å². The summed E-state index contributed by atoms with van der Waals surface area (Å²) < 4.78 is 0.890. The third kappa shape index (κ3) is 4.01. The maximum atomic E-state index is 12.1. The zero-order chi connectivity index (χ0) is 14.5. The van der Waals surface area contributed by atoms with Crippen molar-refractivity contribution in [2.45, 2.75) is 6.92 Å². The molecule has 0 saturated heterocycles. The van der Waals surface area contributed by atoms with Crippen molar-refractivity contribution in [3.63, 3.8) is 0 Å². The summed E-state index contributed by atoms with van der Waals surface area (Å²) in [6, 6.07) is 15.2. The van der Waals surface area contributed by atoms with Gasteiger partial charge in [-0.2, -0.15) is 0 Å². The monoisotopic (exact) mass is 396 g/mol. The molecule has 0 saturated carbocycles. The summed E-state index contributed by atoms with van der Waals surface area (Å²) >= 11 is 7.27. The molecule has 2 N–H and O–H groups in total. The largest absolute Gasteiger partial charge is 0.332 e. The van der Waals surface area contributed by atoms with E-state index in [9.17, 15) is 4.79 Å². The van der Waals surface area contributed by atoms with Gasteiger partial charge in [-0.1, -0.05) is 29.8 Å². The topological polar surface area (TPSA) is 41.1 Å². The second kappa shape index (κ2) is 6.81. The van der Waals surface area contributed by atoms with Gasteiger partial charge in [-0.3, -0.25) is 10.1 Å². The Morgan fingerprint density at radius 1 is 1.10 bits per heavy atom. The van der Waals surface area contributed by atoms with Crippen molar-refractivity contribution in [2.75, 3.05) is 5.32 Å². The molecule has 0 fully saturated rings. The zero-order valence-corrected chi connectivity index (χ0v) is 13.8. The Morgan fingerprint density at radius 2 is 1.75 bits per heavy atom. The van der Waals surface area contributed by atoms with E-state index in [0.717, 1.165) is 9.26 Å². The van der Waals surface area contributed by atoms with Crippen LogP contribution in [0, 0.1) is 10.5 Å². The van der Waals surface area contributed by atoms with Crippen LogP contribution in [0.3, 0.4) is 0 Å². The molecule has 0 aromatic heterocycles. The third-order valence-electron chi connectivity index (χ3n) is 2.65. The van der Waals surface area contributed by atoms with Crippen molar-refractivity contribution in [2.24, 2.45) is 0 Å². The van der Waals surface area contributed by atoms with Crippen LogP contribution in [0.15, 0.2) is 48.5 Å². The lowest BCUT2D eigenvalue weighted by Gasteiger charge is -2.10. The average Bonchev–Trinajstić information content (AvgIpc) is 2.41. The molecule has 0 bridgehead atoms. The van der Waals surface area contributed by atoms with Crippen molar-refractivity contribution < 1.29 is 4.79 Å². The van der Waals surface area contributed by atoms with Crippen LogP contribution in [0.25, 0.3) is 0 Å². The van der Waals surface area contributed by atoms with Gasteiger partial charge in [-0.25, -0.2) is 0 Å². The average molecular weight is 396 g/mol. The highest BCUT2D eigenvalue weighted by Gasteiger charge is 2.10. The maximum absolute atomic E-state index is 12.1. The van der Waals surface area contributed by atoms with Crippen LogP contribution in [0.4, 0.5) is 5.69 Å². The Hall–Kier alpha value is -1.47. The van der Waals surface area contributed by atoms with E-state index >= 15 is 0 Å². The standard InChI is InChI=1S/C15H13IN2OS/c1-10-6-8-11(9-7-10)17-15(20)18-14(19)12-4-2-3-5-13(12)16/h2-9H,1H3,(H2,17,18,19,20). The van der Waals surface area contributed by atoms with Gasteiger partial charge in [0.1, 0.15) is 0 Å². The van der Waals surface area contributed by atoms with Gasteiger partial charge in [0.05, 0.1) is 5.56 Å². The molecule has 0 spiro atoms. The van der Waals surface area contributed by atoms with E-state index in [1.807, 2.05) is 49.4 Å². The number of amides is 1. The van der Waals surface area contributed by atoms with Crippen LogP contribution in [0.2, 0.25) is 0 Å². The molecule has 5 heteroatoms. The highest BCUT2D eigenvalue weighted by atomic mass is 127. The van der Waals surface area contributed by atoms with E-state index in [0.29, 0.717) is 10.7 Å². The molecule has 0 aliphatic rings. The first kappa shape index (κ1) is 14.9. The lowest BCUT2D eigenvalue weighted by molar-refractivity contribution is 0.0977. The van der Waals surface area contributed by atoms with Crippen molar-refractivity contribution >= 4 is 51.5 Å². The fourth-order valence-electron chi connectivity index (χ4n) is 1.62. The molecular formula is C15H13IN2OS. The number of anilines is 1. The minimum Gasteiger partial charge on any atom is -0.332 e. The first-order chi connectivity index (χ1) is 9.56. The van der Waals surface area contributed by atoms with Gasteiger partial charge in [0.15, 0.2) is 5.11 Å². The Morgan fingerprint density at radius 3 is 2.40 bits per heavy atom. The summed E-state index contributed by atoms with van der Waals surface area (Å²) in [7, 11) is 0.